The molecule has 0 spiro atoms. The van der Waals surface area contributed by atoms with Gasteiger partial charge in [-0.3, -0.25) is 4.79 Å². The Morgan fingerprint density at radius 1 is 1.26 bits per heavy atom. The minimum atomic E-state index is -0.501. The van der Waals surface area contributed by atoms with Crippen LogP contribution in [0.4, 0.5) is 10.1 Å². The number of carbonyl (C=O) groups excluding carboxylic acids is 1. The Balaban J connectivity index is 1.46. The molecule has 3 aromatic heterocycles. The van der Waals surface area contributed by atoms with Gasteiger partial charge in [0.1, 0.15) is 5.82 Å². The number of nitrogens with zero attached hydrogens (tertiary/aromatic N) is 5. The van der Waals surface area contributed by atoms with E-state index in [-0.39, 0.29) is 17.1 Å². The number of anilines is 1. The molecule has 8 nitrogen and oxygen atoms in total. The molecule has 1 N–H and O–H groups in total. The molecule has 1 amide bonds. The molecule has 1 aliphatic rings. The van der Waals surface area contributed by atoms with E-state index in [4.69, 9.17) is 4.42 Å². The van der Waals surface area contributed by atoms with Crippen LogP contribution in [0, 0.1) is 19.7 Å². The third kappa shape index (κ3) is 3.58. The van der Waals surface area contributed by atoms with Crippen LogP contribution in [0.5, 0.6) is 0 Å². The van der Waals surface area contributed by atoms with Gasteiger partial charge in [0.05, 0.1) is 11.3 Å². The maximum atomic E-state index is 14.6. The summed E-state index contributed by atoms with van der Waals surface area (Å²) < 4.78 is 21.5. The van der Waals surface area contributed by atoms with Crippen molar-refractivity contribution in [2.75, 3.05) is 5.32 Å². The van der Waals surface area contributed by atoms with Gasteiger partial charge in [0.25, 0.3) is 11.7 Å². The molecule has 0 radical (unpaired) electrons. The molecule has 5 rings (SSSR count). The van der Waals surface area contributed by atoms with Crippen LogP contribution in [0.3, 0.4) is 0 Å². The van der Waals surface area contributed by atoms with Gasteiger partial charge in [0.2, 0.25) is 5.76 Å². The summed E-state index contributed by atoms with van der Waals surface area (Å²) in [5, 5.41) is 7.11. The Bertz CT molecular complexity index is 1350. The molecule has 31 heavy (non-hydrogen) atoms. The smallest absolute Gasteiger partial charge is 0.293 e. The van der Waals surface area contributed by atoms with Crippen LogP contribution in [0.25, 0.3) is 22.7 Å². The Labute approximate surface area is 176 Å². The van der Waals surface area contributed by atoms with Gasteiger partial charge in [-0.15, -0.1) is 5.10 Å². The molecule has 1 aromatic carbocycles. The molecule has 4 aromatic rings. The number of oxazole rings is 1. The fourth-order valence-corrected chi connectivity index (χ4v) is 3.70. The van der Waals surface area contributed by atoms with Gasteiger partial charge in [-0.05, 0) is 50.0 Å². The van der Waals surface area contributed by atoms with Gasteiger partial charge in [-0.2, -0.15) is 4.98 Å². The van der Waals surface area contributed by atoms with Crippen molar-refractivity contribution in [3.05, 3.63) is 65.4 Å². The van der Waals surface area contributed by atoms with Crippen molar-refractivity contribution < 1.29 is 13.6 Å². The van der Waals surface area contributed by atoms with Crippen molar-refractivity contribution in [3.63, 3.8) is 0 Å². The van der Waals surface area contributed by atoms with Crippen LogP contribution in [-0.2, 0) is 0 Å². The number of rotatable bonds is 4. The molecule has 0 saturated carbocycles. The molecule has 0 atom stereocenters. The molecule has 0 bridgehead atoms. The zero-order valence-electron chi connectivity index (χ0n) is 17.0. The molecule has 156 valence electrons. The second-order valence-electron chi connectivity index (χ2n) is 7.44. The number of fused-ring (bicyclic) bond motifs is 1. The van der Waals surface area contributed by atoms with Crippen LogP contribution in [-0.4, -0.2) is 30.5 Å². The number of benzene rings is 1. The molecular formula is C22H19FN6O2. The van der Waals surface area contributed by atoms with Crippen molar-refractivity contribution in [2.45, 2.75) is 33.1 Å². The zero-order chi connectivity index (χ0) is 21.5. The van der Waals surface area contributed by atoms with Crippen LogP contribution in [0.2, 0.25) is 0 Å². The van der Waals surface area contributed by atoms with E-state index in [1.165, 1.54) is 23.8 Å². The molecule has 0 fully saturated rings. The Morgan fingerprint density at radius 2 is 2.13 bits per heavy atom. The zero-order valence-corrected chi connectivity index (χ0v) is 17.0. The fraction of sp³-hybridized carbons (Fsp3) is 0.227. The molecule has 3 heterocycles. The first-order valence-electron chi connectivity index (χ1n) is 9.95. The van der Waals surface area contributed by atoms with E-state index in [0.717, 1.165) is 24.8 Å². The predicted octanol–water partition coefficient (Wildman–Crippen LogP) is 4.35. The lowest BCUT2D eigenvalue weighted by Gasteiger charge is -2.06. The molecule has 0 saturated heterocycles. The summed E-state index contributed by atoms with van der Waals surface area (Å²) in [4.78, 5) is 25.3. The predicted molar refractivity (Wildman–Crippen MR) is 112 cm³/mol. The van der Waals surface area contributed by atoms with Crippen molar-refractivity contribution in [1.29, 1.82) is 0 Å². The molecule has 1 aliphatic carbocycles. The molecule has 0 aliphatic heterocycles. The van der Waals surface area contributed by atoms with Crippen LogP contribution in [0.1, 0.15) is 47.0 Å². The standard InChI is InChI=1S/C22H19FN6O2/c1-12-19(31-13(2)25-12)21(30)26-16-7-8-18(23)17(9-16)20-27-22-24-10-15(11-29(22)28-20)14-5-3-4-6-14/h5,7-11H,3-4,6H2,1-2H3,(H,26,30). The highest BCUT2D eigenvalue weighted by Gasteiger charge is 2.18. The van der Waals surface area contributed by atoms with E-state index >= 15 is 0 Å². The summed E-state index contributed by atoms with van der Waals surface area (Å²) >= 11 is 0. The highest BCUT2D eigenvalue weighted by atomic mass is 19.1. The first-order chi connectivity index (χ1) is 15.0. The summed E-state index contributed by atoms with van der Waals surface area (Å²) in [6.45, 7) is 3.35. The van der Waals surface area contributed by atoms with Gasteiger partial charge in [0.15, 0.2) is 11.7 Å². The number of hydrogen-bond donors (Lipinski definition) is 1. The fourth-order valence-electron chi connectivity index (χ4n) is 3.70. The number of carbonyl (C=O) groups is 1. The number of nitrogens with one attached hydrogen (secondary N) is 1. The maximum Gasteiger partial charge on any atom is 0.293 e. The third-order valence-corrected chi connectivity index (χ3v) is 5.18. The number of allylic oxidation sites excluding steroid dienone is 2. The number of hydrogen-bond acceptors (Lipinski definition) is 6. The topological polar surface area (TPSA) is 98.2 Å². The van der Waals surface area contributed by atoms with Gasteiger partial charge >= 0.3 is 0 Å². The Morgan fingerprint density at radius 3 is 2.87 bits per heavy atom. The average Bonchev–Trinajstić information content (AvgIpc) is 3.48. The summed E-state index contributed by atoms with van der Waals surface area (Å²) in [5.41, 5.74) is 3.26. The number of aromatic nitrogens is 5. The van der Waals surface area contributed by atoms with Crippen molar-refractivity contribution in [3.8, 4) is 11.4 Å². The van der Waals surface area contributed by atoms with Crippen LogP contribution in [0.15, 0.2) is 41.1 Å². The summed E-state index contributed by atoms with van der Waals surface area (Å²) in [7, 11) is 0. The lowest BCUT2D eigenvalue weighted by molar-refractivity contribution is 0.0994. The average molecular weight is 418 g/mol. The van der Waals surface area contributed by atoms with Crippen molar-refractivity contribution >= 4 is 22.9 Å². The summed E-state index contributed by atoms with van der Waals surface area (Å²) in [6.07, 6.45) is 9.02. The molecule has 0 unspecified atom stereocenters. The van der Waals surface area contributed by atoms with Crippen molar-refractivity contribution in [2.24, 2.45) is 0 Å². The highest BCUT2D eigenvalue weighted by molar-refractivity contribution is 6.03. The normalized spacial score (nSPS) is 13.6. The second kappa shape index (κ2) is 7.42. The Hall–Kier alpha value is -3.88. The van der Waals surface area contributed by atoms with Gasteiger partial charge in [-0.1, -0.05) is 6.08 Å². The molecule has 9 heteroatoms. The summed E-state index contributed by atoms with van der Waals surface area (Å²) in [5.74, 6) is 0.113. The SMILES string of the molecule is Cc1nc(C)c(C(=O)Nc2ccc(F)c(-c3nc4ncc(C5=CCCC5)cn4n3)c2)o1. The van der Waals surface area contributed by atoms with Gasteiger partial charge in [0, 0.05) is 30.6 Å². The monoisotopic (exact) mass is 418 g/mol. The van der Waals surface area contributed by atoms with E-state index in [1.54, 1.807) is 24.6 Å². The van der Waals surface area contributed by atoms with Gasteiger partial charge in [-0.25, -0.2) is 18.9 Å². The maximum absolute atomic E-state index is 14.6. The minimum Gasteiger partial charge on any atom is -0.436 e. The quantitative estimate of drug-likeness (QED) is 0.529. The summed E-state index contributed by atoms with van der Waals surface area (Å²) in [6, 6.07) is 4.21. The van der Waals surface area contributed by atoms with E-state index < -0.39 is 11.7 Å². The van der Waals surface area contributed by atoms with Gasteiger partial charge < -0.3 is 9.73 Å². The number of amides is 1. The Kier molecular flexibility index (Phi) is 4.58. The minimum absolute atomic E-state index is 0.118. The number of halogens is 1. The largest absolute Gasteiger partial charge is 0.436 e. The van der Waals surface area contributed by atoms with E-state index in [0.29, 0.717) is 23.0 Å². The van der Waals surface area contributed by atoms with E-state index in [9.17, 15) is 9.18 Å². The lowest BCUT2D eigenvalue weighted by atomic mass is 10.1. The first-order valence-corrected chi connectivity index (χ1v) is 9.95. The van der Waals surface area contributed by atoms with Crippen molar-refractivity contribution in [1.82, 2.24) is 24.6 Å². The van der Waals surface area contributed by atoms with E-state index in [2.05, 4.69) is 31.4 Å². The first kappa shape index (κ1) is 19.1. The lowest BCUT2D eigenvalue weighted by Crippen LogP contribution is -2.12. The van der Waals surface area contributed by atoms with Crippen LogP contribution >= 0.6 is 0 Å². The number of aryl methyl sites for hydroxylation is 2. The van der Waals surface area contributed by atoms with Crippen LogP contribution < -0.4 is 5.32 Å². The van der Waals surface area contributed by atoms with E-state index in [1.807, 2.05) is 6.20 Å². The molecular weight excluding hydrogens is 399 g/mol. The third-order valence-electron chi connectivity index (χ3n) is 5.18. The second-order valence-corrected chi connectivity index (χ2v) is 7.44. The highest BCUT2D eigenvalue weighted by Crippen LogP contribution is 2.28.